The van der Waals surface area contributed by atoms with Crippen molar-refractivity contribution in [2.45, 2.75) is 352 Å². The number of rotatable bonds is 59. The fourth-order valence-electron chi connectivity index (χ4n) is 10.4. The highest BCUT2D eigenvalue weighted by Gasteiger charge is 2.44. The molecular formula is C70H127NO10. The number of ether oxygens (including phenoxy) is 3. The third kappa shape index (κ3) is 48.3. The van der Waals surface area contributed by atoms with E-state index in [0.717, 1.165) is 83.5 Å². The lowest BCUT2D eigenvalue weighted by Crippen LogP contribution is -2.60. The molecular weight excluding hydrogens is 1010 g/mol. The summed E-state index contributed by atoms with van der Waals surface area (Å²) in [6, 6.07) is -0.832. The van der Waals surface area contributed by atoms with Crippen LogP contribution in [0.4, 0.5) is 0 Å². The minimum absolute atomic E-state index is 0.00276. The maximum atomic E-state index is 13.0. The fraction of sp³-hybridized carbons (Fsp3) is 0.829. The Morgan fingerprint density at radius 3 is 1.32 bits per heavy atom. The summed E-state index contributed by atoms with van der Waals surface area (Å²) in [5.41, 5.74) is 0. The van der Waals surface area contributed by atoms with Gasteiger partial charge in [0.25, 0.3) is 0 Å². The van der Waals surface area contributed by atoms with E-state index >= 15 is 0 Å². The number of allylic oxidation sites excluding steroid dienone is 9. The van der Waals surface area contributed by atoms with Crippen molar-refractivity contribution >= 4 is 11.9 Å². The van der Waals surface area contributed by atoms with Crippen LogP contribution in [-0.2, 0) is 23.8 Å². The van der Waals surface area contributed by atoms with Gasteiger partial charge in [-0.3, -0.25) is 9.59 Å². The summed E-state index contributed by atoms with van der Waals surface area (Å²) in [5.74, 6) is -0.204. The van der Waals surface area contributed by atoms with E-state index in [1.165, 1.54) is 199 Å². The van der Waals surface area contributed by atoms with E-state index in [1.54, 1.807) is 6.08 Å². The summed E-state index contributed by atoms with van der Waals surface area (Å²) in [5, 5.41) is 54.2. The van der Waals surface area contributed by atoms with Crippen LogP contribution >= 0.6 is 0 Å². The van der Waals surface area contributed by atoms with Crippen molar-refractivity contribution in [3.8, 4) is 0 Å². The van der Waals surface area contributed by atoms with Gasteiger partial charge < -0.3 is 45.1 Å². The largest absolute Gasteiger partial charge is 0.466 e. The Morgan fingerprint density at radius 1 is 0.457 bits per heavy atom. The Morgan fingerprint density at radius 2 is 0.840 bits per heavy atom. The van der Waals surface area contributed by atoms with Gasteiger partial charge in [-0.2, -0.15) is 0 Å². The lowest BCUT2D eigenvalue weighted by atomic mass is 9.99. The third-order valence-electron chi connectivity index (χ3n) is 15.8. The molecule has 81 heavy (non-hydrogen) atoms. The van der Waals surface area contributed by atoms with Crippen molar-refractivity contribution < 1.29 is 49.3 Å². The molecule has 0 aliphatic carbocycles. The Hall–Kier alpha value is -2.64. The Kier molecular flexibility index (Phi) is 55.7. The molecule has 11 nitrogen and oxygen atoms in total. The molecule has 1 amide bonds. The van der Waals surface area contributed by atoms with Crippen molar-refractivity contribution in [3.63, 3.8) is 0 Å². The van der Waals surface area contributed by atoms with Crippen LogP contribution < -0.4 is 5.32 Å². The second-order valence-corrected chi connectivity index (χ2v) is 23.5. The first kappa shape index (κ1) is 76.4. The van der Waals surface area contributed by atoms with Crippen LogP contribution in [0.25, 0.3) is 0 Å². The molecule has 6 N–H and O–H groups in total. The van der Waals surface area contributed by atoms with E-state index in [2.05, 4.69) is 67.8 Å². The zero-order valence-corrected chi connectivity index (χ0v) is 52.2. The molecule has 7 unspecified atom stereocenters. The molecule has 1 heterocycles. The molecule has 1 aliphatic heterocycles. The second-order valence-electron chi connectivity index (χ2n) is 23.5. The van der Waals surface area contributed by atoms with Crippen LogP contribution in [0.3, 0.4) is 0 Å². The maximum absolute atomic E-state index is 13.0. The highest BCUT2D eigenvalue weighted by Crippen LogP contribution is 2.23. The molecule has 0 bridgehead atoms. The summed E-state index contributed by atoms with van der Waals surface area (Å²) < 4.78 is 16.7. The number of aliphatic hydroxyl groups is 5. The zero-order valence-electron chi connectivity index (χ0n) is 52.2. The molecule has 11 heteroatoms. The summed E-state index contributed by atoms with van der Waals surface area (Å²) in [7, 11) is 0. The van der Waals surface area contributed by atoms with Gasteiger partial charge in [-0.25, -0.2) is 0 Å². The van der Waals surface area contributed by atoms with Gasteiger partial charge in [0, 0.05) is 12.8 Å². The molecule has 7 atom stereocenters. The predicted molar refractivity (Wildman–Crippen MR) is 338 cm³/mol. The molecule has 0 aromatic carbocycles. The van der Waals surface area contributed by atoms with E-state index in [9.17, 15) is 35.1 Å². The Labute approximate surface area is 497 Å². The third-order valence-corrected chi connectivity index (χ3v) is 15.8. The lowest BCUT2D eigenvalue weighted by molar-refractivity contribution is -0.302. The number of carbonyl (C=O) groups is 2. The smallest absolute Gasteiger partial charge is 0.305 e. The summed E-state index contributed by atoms with van der Waals surface area (Å²) >= 11 is 0. The average molecular weight is 1140 g/mol. The first-order chi connectivity index (χ1) is 39.7. The van der Waals surface area contributed by atoms with Gasteiger partial charge in [-0.15, -0.1) is 0 Å². The Bertz CT molecular complexity index is 1530. The number of carbonyl (C=O) groups excluding carboxylic acids is 2. The monoisotopic (exact) mass is 1140 g/mol. The SMILES string of the molecule is CCCCC/C=C/CC/C=C/C(O)C(COC1OC(CO)C(O)C(O)C1O)NC(=O)CCCCCCCCCCC/C=C\C/C=C\CCCCCCCCCCCOC(=O)CCCCCCCCCCC/C=C\CCCCCCCC. The normalized spacial score (nSPS) is 18.6. The number of nitrogens with one attached hydrogen (secondary N) is 1. The van der Waals surface area contributed by atoms with E-state index < -0.39 is 49.5 Å². The van der Waals surface area contributed by atoms with Gasteiger partial charge >= 0.3 is 5.97 Å². The van der Waals surface area contributed by atoms with Crippen molar-refractivity contribution in [3.05, 3.63) is 60.8 Å². The quantitative estimate of drug-likeness (QED) is 0.0195. The van der Waals surface area contributed by atoms with Gasteiger partial charge in [-0.1, -0.05) is 254 Å². The van der Waals surface area contributed by atoms with Gasteiger partial charge in [0.1, 0.15) is 24.4 Å². The van der Waals surface area contributed by atoms with Crippen LogP contribution in [0.2, 0.25) is 0 Å². The molecule has 0 saturated carbocycles. The summed E-state index contributed by atoms with van der Waals surface area (Å²) in [6.45, 7) is 4.27. The van der Waals surface area contributed by atoms with Crippen LogP contribution in [0.15, 0.2) is 60.8 Å². The maximum Gasteiger partial charge on any atom is 0.305 e. The molecule has 0 radical (unpaired) electrons. The van der Waals surface area contributed by atoms with E-state index in [4.69, 9.17) is 14.2 Å². The topological polar surface area (TPSA) is 175 Å². The van der Waals surface area contributed by atoms with Crippen molar-refractivity contribution in [2.24, 2.45) is 0 Å². The van der Waals surface area contributed by atoms with Gasteiger partial charge in [-0.05, 0) is 103 Å². The van der Waals surface area contributed by atoms with Gasteiger partial charge in [0.2, 0.25) is 5.91 Å². The predicted octanol–water partition coefficient (Wildman–Crippen LogP) is 17.0. The number of aliphatic hydroxyl groups excluding tert-OH is 5. The fourth-order valence-corrected chi connectivity index (χ4v) is 10.4. The molecule has 1 aliphatic rings. The van der Waals surface area contributed by atoms with Crippen LogP contribution in [0, 0.1) is 0 Å². The minimum atomic E-state index is -1.58. The van der Waals surface area contributed by atoms with Crippen molar-refractivity contribution in [2.75, 3.05) is 19.8 Å². The average Bonchev–Trinajstić information content (AvgIpc) is 3.47. The number of amides is 1. The number of esters is 1. The van der Waals surface area contributed by atoms with E-state index in [-0.39, 0.29) is 18.5 Å². The molecule has 472 valence electrons. The highest BCUT2D eigenvalue weighted by molar-refractivity contribution is 5.76. The van der Waals surface area contributed by atoms with Crippen molar-refractivity contribution in [1.29, 1.82) is 0 Å². The van der Waals surface area contributed by atoms with Gasteiger partial charge in [0.05, 0.1) is 32.0 Å². The number of unbranched alkanes of at least 4 members (excludes halogenated alkanes) is 37. The number of hydrogen-bond donors (Lipinski definition) is 6. The minimum Gasteiger partial charge on any atom is -0.466 e. The standard InChI is InChI=1S/C70H127NO10/c1-3-5-7-9-11-13-14-15-16-17-25-29-32-35-38-42-46-50-54-58-66(75)79-59-55-51-47-43-39-36-33-30-27-24-22-20-18-19-21-23-26-28-31-34-37-41-45-49-53-57-65(74)71-62(63(73)56-52-48-44-40-12-10-8-6-4-2)61-80-70-69(78)68(77)67(76)64(60-72)81-70/h12,15-16,19-22,40,52,56,62-64,67-70,72-73,76-78H,3-11,13-14,17-18,23-39,41-51,53-55,57-61H2,1-2H3,(H,71,74)/b16-15-,21-19-,22-20-,40-12+,56-52+. The molecule has 1 saturated heterocycles. The molecule has 1 fully saturated rings. The summed E-state index contributed by atoms with van der Waals surface area (Å²) in [4.78, 5) is 25.1. The van der Waals surface area contributed by atoms with Gasteiger partial charge in [0.15, 0.2) is 6.29 Å². The summed E-state index contributed by atoms with van der Waals surface area (Å²) in [6.07, 6.45) is 67.9. The zero-order chi connectivity index (χ0) is 58.7. The molecule has 1 rings (SSSR count). The van der Waals surface area contributed by atoms with Crippen LogP contribution in [0.1, 0.15) is 309 Å². The first-order valence-electron chi connectivity index (χ1n) is 34.1. The van der Waals surface area contributed by atoms with E-state index in [0.29, 0.717) is 19.4 Å². The van der Waals surface area contributed by atoms with Crippen LogP contribution in [-0.4, -0.2) is 100 Å². The molecule has 0 spiro atoms. The Balaban J connectivity index is 1.96. The first-order valence-corrected chi connectivity index (χ1v) is 34.1. The van der Waals surface area contributed by atoms with Crippen molar-refractivity contribution in [1.82, 2.24) is 5.32 Å². The molecule has 0 aromatic heterocycles. The second kappa shape index (κ2) is 59.1. The van der Waals surface area contributed by atoms with Crippen LogP contribution in [0.5, 0.6) is 0 Å². The lowest BCUT2D eigenvalue weighted by Gasteiger charge is -2.40. The highest BCUT2D eigenvalue weighted by atomic mass is 16.7. The molecule has 0 aromatic rings. The van der Waals surface area contributed by atoms with E-state index in [1.807, 2.05) is 6.08 Å². The number of hydrogen-bond acceptors (Lipinski definition) is 10.